The fourth-order valence-corrected chi connectivity index (χ4v) is 14.3. The third kappa shape index (κ3) is 7.27. The molecule has 0 radical (unpaired) electrons. The molecule has 4 saturated carbocycles. The van der Waals surface area contributed by atoms with Crippen LogP contribution in [0.15, 0.2) is 0 Å². The molecule has 9 fully saturated rings. The van der Waals surface area contributed by atoms with Gasteiger partial charge in [-0.05, 0) is 111 Å². The van der Waals surface area contributed by atoms with Crippen molar-refractivity contribution in [3.63, 3.8) is 0 Å². The van der Waals surface area contributed by atoms with Crippen LogP contribution in [0.3, 0.4) is 0 Å². The van der Waals surface area contributed by atoms with E-state index in [0.717, 1.165) is 45.1 Å². The maximum atomic E-state index is 11.3. The molecular formula is C44H72O16. The molecule has 344 valence electrons. The Morgan fingerprint density at radius 1 is 0.633 bits per heavy atom. The average Bonchev–Trinajstić information content (AvgIpc) is 3.68. The summed E-state index contributed by atoms with van der Waals surface area (Å²) in [5, 5.41) is 84.6. The van der Waals surface area contributed by atoms with Crippen LogP contribution >= 0.6 is 0 Å². The van der Waals surface area contributed by atoms with E-state index in [1.807, 2.05) is 0 Å². The van der Waals surface area contributed by atoms with Gasteiger partial charge in [0, 0.05) is 12.3 Å². The fourth-order valence-electron chi connectivity index (χ4n) is 14.3. The van der Waals surface area contributed by atoms with Crippen molar-refractivity contribution in [2.75, 3.05) is 19.8 Å². The van der Waals surface area contributed by atoms with E-state index in [0.29, 0.717) is 41.4 Å². The van der Waals surface area contributed by atoms with Crippen LogP contribution in [0.5, 0.6) is 0 Å². The van der Waals surface area contributed by atoms with Gasteiger partial charge in [0.05, 0.1) is 38.1 Å². The van der Waals surface area contributed by atoms with Gasteiger partial charge in [-0.1, -0.05) is 27.7 Å². The normalized spacial score (nSPS) is 59.2. The molecule has 0 aromatic rings. The molecule has 0 bridgehead atoms. The number of ether oxygens (including phenoxy) is 8. The number of hydrogen-bond acceptors (Lipinski definition) is 16. The van der Waals surface area contributed by atoms with Gasteiger partial charge >= 0.3 is 0 Å². The summed E-state index contributed by atoms with van der Waals surface area (Å²) in [7, 11) is 0. The van der Waals surface area contributed by atoms with Crippen LogP contribution in [0, 0.1) is 52.3 Å². The van der Waals surface area contributed by atoms with Crippen LogP contribution in [0.2, 0.25) is 0 Å². The van der Waals surface area contributed by atoms with Crippen molar-refractivity contribution in [2.24, 2.45) is 52.3 Å². The van der Waals surface area contributed by atoms with Gasteiger partial charge in [-0.15, -0.1) is 0 Å². The Bertz CT molecular complexity index is 1500. The van der Waals surface area contributed by atoms with Crippen LogP contribution in [0.4, 0.5) is 0 Å². The largest absolute Gasteiger partial charge is 0.394 e. The van der Waals surface area contributed by atoms with Crippen molar-refractivity contribution >= 4 is 0 Å². The number of hydrogen-bond donors (Lipinski definition) is 8. The minimum Gasteiger partial charge on any atom is -0.394 e. The lowest BCUT2D eigenvalue weighted by Crippen LogP contribution is -2.64. The standard InChI is InChI=1S/C44H72O16/c1-19-8-13-44(54-17-19)20(2)30-27(60-44)15-26-24-7-6-22-14-23(9-11-42(22,4)25(24)10-12-43(26,30)5)56-41-38(35(50)31(46)21(3)55-41)59-39-36(51)33(48)29(18-53-39)58-40-37(52)34(49)32(47)28(16-45)57-40/h19-41,45-52H,6-18H2,1-5H3/t19?,20?,21-,22?,23?,24?,25?,26?,27?,28-,29+,30?,31-,32-,33-,34-,35-,36-,37-,38-,39+,40+,41+,42?,43?,44?/m1/s1. The highest BCUT2D eigenvalue weighted by Crippen LogP contribution is 2.71. The second-order valence-corrected chi connectivity index (χ2v) is 21.1. The Kier molecular flexibility index (Phi) is 12.4. The zero-order chi connectivity index (χ0) is 42.6. The molecule has 0 aromatic heterocycles. The van der Waals surface area contributed by atoms with Gasteiger partial charge in [0.15, 0.2) is 24.7 Å². The lowest BCUT2D eigenvalue weighted by molar-refractivity contribution is -0.373. The summed E-state index contributed by atoms with van der Waals surface area (Å²) in [5.41, 5.74) is 0.429. The summed E-state index contributed by atoms with van der Waals surface area (Å²) in [6.45, 7) is 11.2. The summed E-state index contributed by atoms with van der Waals surface area (Å²) >= 11 is 0. The fraction of sp³-hybridized carbons (Fsp3) is 1.00. The molecule has 16 heteroatoms. The first-order valence-corrected chi connectivity index (χ1v) is 23.1. The molecule has 8 N–H and O–H groups in total. The predicted octanol–water partition coefficient (Wildman–Crippen LogP) is 0.933. The van der Waals surface area contributed by atoms with Crippen molar-refractivity contribution in [2.45, 2.75) is 203 Å². The van der Waals surface area contributed by atoms with Gasteiger partial charge in [-0.25, -0.2) is 0 Å². The average molecular weight is 857 g/mol. The molecule has 5 saturated heterocycles. The van der Waals surface area contributed by atoms with E-state index in [-0.39, 0.29) is 29.6 Å². The maximum Gasteiger partial charge on any atom is 0.187 e. The van der Waals surface area contributed by atoms with Crippen molar-refractivity contribution in [1.29, 1.82) is 0 Å². The van der Waals surface area contributed by atoms with Crippen molar-refractivity contribution in [3.8, 4) is 0 Å². The van der Waals surface area contributed by atoms with E-state index in [1.165, 1.54) is 25.7 Å². The number of rotatable bonds is 7. The molecule has 26 atom stereocenters. The van der Waals surface area contributed by atoms with Crippen LogP contribution in [-0.4, -0.2) is 165 Å². The first-order valence-electron chi connectivity index (χ1n) is 23.1. The quantitative estimate of drug-likeness (QED) is 0.166. The predicted molar refractivity (Wildman–Crippen MR) is 208 cm³/mol. The van der Waals surface area contributed by atoms with Crippen molar-refractivity contribution in [3.05, 3.63) is 0 Å². The van der Waals surface area contributed by atoms with Crippen LogP contribution in [0.1, 0.15) is 98.8 Å². The van der Waals surface area contributed by atoms with Crippen LogP contribution < -0.4 is 0 Å². The highest BCUT2D eigenvalue weighted by atomic mass is 16.8. The molecule has 5 heterocycles. The minimum atomic E-state index is -1.72. The SMILES string of the molecule is CC1CCC2(OC1)OC1CC3C4CCC5CC(O[C@@H]6O[C@H](C)[C@@H](O)[C@@H](O)[C@H]6O[C@@H]6OC[C@H](O[C@@H]7O[C@H](CO)[C@@H](O)[C@@H](O)[C@H]7O)[C@@H](O)[C@H]6O)CCC5(C)C4CCC3(C)C1C2C. The topological polar surface area (TPSA) is 236 Å². The highest BCUT2D eigenvalue weighted by Gasteiger charge is 2.69. The Morgan fingerprint density at radius 3 is 2.12 bits per heavy atom. The molecule has 0 aromatic carbocycles. The van der Waals surface area contributed by atoms with Gasteiger partial charge in [0.2, 0.25) is 0 Å². The zero-order valence-electron chi connectivity index (χ0n) is 35.8. The van der Waals surface area contributed by atoms with Crippen molar-refractivity contribution < 1.29 is 78.7 Å². The summed E-state index contributed by atoms with van der Waals surface area (Å²) < 4.78 is 49.3. The summed E-state index contributed by atoms with van der Waals surface area (Å²) in [6, 6.07) is 0. The number of fused-ring (bicyclic) bond motifs is 7. The third-order valence-electron chi connectivity index (χ3n) is 17.9. The third-order valence-corrected chi connectivity index (χ3v) is 17.9. The van der Waals surface area contributed by atoms with E-state index in [2.05, 4.69) is 27.7 Å². The van der Waals surface area contributed by atoms with E-state index < -0.39 is 98.4 Å². The molecule has 16 nitrogen and oxygen atoms in total. The van der Waals surface area contributed by atoms with Crippen LogP contribution in [0.25, 0.3) is 0 Å². The molecule has 1 spiro atoms. The molecule has 60 heavy (non-hydrogen) atoms. The highest BCUT2D eigenvalue weighted by molar-refractivity contribution is 5.15. The zero-order valence-corrected chi connectivity index (χ0v) is 35.8. The van der Waals surface area contributed by atoms with E-state index >= 15 is 0 Å². The summed E-state index contributed by atoms with van der Waals surface area (Å²) in [5.74, 6) is 3.51. The van der Waals surface area contributed by atoms with E-state index in [9.17, 15) is 40.9 Å². The second-order valence-electron chi connectivity index (χ2n) is 21.1. The molecule has 0 amide bonds. The molecule has 4 aliphatic carbocycles. The Hall–Kier alpha value is -0.640. The maximum absolute atomic E-state index is 11.3. The summed E-state index contributed by atoms with van der Waals surface area (Å²) in [4.78, 5) is 0. The van der Waals surface area contributed by atoms with Gasteiger partial charge in [-0.3, -0.25) is 0 Å². The van der Waals surface area contributed by atoms with Crippen LogP contribution in [-0.2, 0) is 37.9 Å². The van der Waals surface area contributed by atoms with Crippen molar-refractivity contribution in [1.82, 2.24) is 0 Å². The van der Waals surface area contributed by atoms with E-state index in [4.69, 9.17) is 37.9 Å². The Morgan fingerprint density at radius 2 is 1.38 bits per heavy atom. The monoisotopic (exact) mass is 856 g/mol. The lowest BCUT2D eigenvalue weighted by Gasteiger charge is -2.61. The first-order chi connectivity index (χ1) is 28.5. The lowest BCUT2D eigenvalue weighted by atomic mass is 9.44. The minimum absolute atomic E-state index is 0.175. The number of aliphatic hydroxyl groups is 8. The first kappa shape index (κ1) is 44.6. The van der Waals surface area contributed by atoms with E-state index in [1.54, 1.807) is 6.92 Å². The van der Waals surface area contributed by atoms with Gasteiger partial charge < -0.3 is 78.7 Å². The molecule has 12 unspecified atom stereocenters. The van der Waals surface area contributed by atoms with Gasteiger partial charge in [0.25, 0.3) is 0 Å². The summed E-state index contributed by atoms with van der Waals surface area (Å²) in [6.07, 6.45) is -9.06. The second kappa shape index (κ2) is 16.7. The Balaban J connectivity index is 0.825. The number of aliphatic hydroxyl groups excluding tert-OH is 8. The molecule has 9 aliphatic rings. The molecule has 9 rings (SSSR count). The van der Waals surface area contributed by atoms with Gasteiger partial charge in [-0.2, -0.15) is 0 Å². The molecule has 5 aliphatic heterocycles. The van der Waals surface area contributed by atoms with Gasteiger partial charge in [0.1, 0.15) is 61.0 Å². The molecular weight excluding hydrogens is 784 g/mol. The Labute approximate surface area is 353 Å². The smallest absolute Gasteiger partial charge is 0.187 e.